The van der Waals surface area contributed by atoms with Gasteiger partial charge in [-0.05, 0) is 61.2 Å². The van der Waals surface area contributed by atoms with Gasteiger partial charge in [-0.25, -0.2) is 8.42 Å². The van der Waals surface area contributed by atoms with Crippen LogP contribution >= 0.6 is 0 Å². The normalized spacial score (nSPS) is 14.4. The molecule has 0 aliphatic carbocycles. The monoisotopic (exact) mass is 426 g/mol. The molecule has 0 atom stereocenters. The molecule has 29 heavy (non-hydrogen) atoms. The Morgan fingerprint density at radius 3 is 2.45 bits per heavy atom. The standard InChI is InChI=1S/C20H21F3N2O3S/c1-2-12-29(27,28)25-11-3-4-14-7-10-17(13-18(14)25)24-19(26)15-5-8-16(9-6-15)20(21,22)23/h5-10,13H,2-4,11-12H2,1H3,(H,24,26). The van der Waals surface area contributed by atoms with E-state index >= 15 is 0 Å². The van der Waals surface area contributed by atoms with Gasteiger partial charge in [-0.2, -0.15) is 13.2 Å². The molecule has 5 nitrogen and oxygen atoms in total. The zero-order valence-electron chi connectivity index (χ0n) is 15.8. The third kappa shape index (κ3) is 4.72. The van der Waals surface area contributed by atoms with Crippen LogP contribution in [0.5, 0.6) is 0 Å². The molecule has 2 aromatic rings. The summed E-state index contributed by atoms with van der Waals surface area (Å²) in [5.74, 6) is -0.536. The molecule has 156 valence electrons. The number of benzene rings is 2. The summed E-state index contributed by atoms with van der Waals surface area (Å²) in [7, 11) is -3.45. The van der Waals surface area contributed by atoms with Crippen LogP contribution in [0, 0.1) is 0 Å². The van der Waals surface area contributed by atoms with Crippen LogP contribution in [0.4, 0.5) is 24.5 Å². The summed E-state index contributed by atoms with van der Waals surface area (Å²) in [6.07, 6.45) is -2.52. The van der Waals surface area contributed by atoms with Crippen molar-refractivity contribution >= 4 is 27.3 Å². The summed E-state index contributed by atoms with van der Waals surface area (Å²) in [5, 5.41) is 2.63. The van der Waals surface area contributed by atoms with E-state index in [2.05, 4.69) is 5.32 Å². The van der Waals surface area contributed by atoms with E-state index in [0.717, 1.165) is 36.2 Å². The van der Waals surface area contributed by atoms with E-state index in [1.54, 1.807) is 25.1 Å². The first-order valence-corrected chi connectivity index (χ1v) is 10.8. The highest BCUT2D eigenvalue weighted by molar-refractivity contribution is 7.92. The Hall–Kier alpha value is -2.55. The molecule has 0 saturated carbocycles. The maximum Gasteiger partial charge on any atom is 0.416 e. The predicted octanol–water partition coefficient (Wildman–Crippen LogP) is 4.45. The van der Waals surface area contributed by atoms with Gasteiger partial charge in [0.15, 0.2) is 0 Å². The second-order valence-corrected chi connectivity index (χ2v) is 8.88. The molecular formula is C20H21F3N2O3S. The smallest absolute Gasteiger partial charge is 0.322 e. The number of sulfonamides is 1. The van der Waals surface area contributed by atoms with E-state index in [1.165, 1.54) is 4.31 Å². The number of anilines is 2. The van der Waals surface area contributed by atoms with Gasteiger partial charge in [0.25, 0.3) is 5.91 Å². The topological polar surface area (TPSA) is 66.5 Å². The van der Waals surface area contributed by atoms with Gasteiger partial charge >= 0.3 is 6.18 Å². The van der Waals surface area contributed by atoms with Gasteiger partial charge in [-0.15, -0.1) is 0 Å². The average Bonchev–Trinajstić information content (AvgIpc) is 2.66. The van der Waals surface area contributed by atoms with Crippen molar-refractivity contribution in [1.29, 1.82) is 0 Å². The Morgan fingerprint density at radius 2 is 1.83 bits per heavy atom. The lowest BCUT2D eigenvalue weighted by molar-refractivity contribution is -0.137. The zero-order chi connectivity index (χ0) is 21.2. The van der Waals surface area contributed by atoms with Crippen molar-refractivity contribution in [1.82, 2.24) is 0 Å². The number of alkyl halides is 3. The molecule has 1 heterocycles. The van der Waals surface area contributed by atoms with Gasteiger partial charge in [0.1, 0.15) is 0 Å². The highest BCUT2D eigenvalue weighted by atomic mass is 32.2. The maximum atomic E-state index is 12.7. The van der Waals surface area contributed by atoms with E-state index in [0.29, 0.717) is 30.8 Å². The van der Waals surface area contributed by atoms with Crippen LogP contribution in [0.15, 0.2) is 42.5 Å². The van der Waals surface area contributed by atoms with Crippen molar-refractivity contribution in [3.63, 3.8) is 0 Å². The fraction of sp³-hybridized carbons (Fsp3) is 0.350. The number of hydrogen-bond donors (Lipinski definition) is 1. The van der Waals surface area contributed by atoms with Gasteiger partial charge in [-0.3, -0.25) is 9.10 Å². The van der Waals surface area contributed by atoms with Crippen LogP contribution < -0.4 is 9.62 Å². The minimum atomic E-state index is -4.47. The second kappa shape index (κ2) is 8.06. The number of aryl methyl sites for hydroxylation is 1. The minimum absolute atomic E-state index is 0.0363. The van der Waals surface area contributed by atoms with Crippen LogP contribution in [0.25, 0.3) is 0 Å². The van der Waals surface area contributed by atoms with Gasteiger partial charge in [0, 0.05) is 17.8 Å². The van der Waals surface area contributed by atoms with E-state index < -0.39 is 27.7 Å². The lowest BCUT2D eigenvalue weighted by Crippen LogP contribution is -2.37. The quantitative estimate of drug-likeness (QED) is 0.768. The Labute approximate surface area is 167 Å². The van der Waals surface area contributed by atoms with E-state index in [-0.39, 0.29) is 11.3 Å². The van der Waals surface area contributed by atoms with Gasteiger partial charge in [-0.1, -0.05) is 13.0 Å². The number of nitrogens with zero attached hydrogens (tertiary/aromatic N) is 1. The summed E-state index contributed by atoms with van der Waals surface area (Å²) in [6.45, 7) is 2.18. The molecule has 3 rings (SSSR count). The van der Waals surface area contributed by atoms with Crippen molar-refractivity contribution in [2.45, 2.75) is 32.4 Å². The Balaban J connectivity index is 1.83. The number of fused-ring (bicyclic) bond motifs is 1. The number of carbonyl (C=O) groups excluding carboxylic acids is 1. The fourth-order valence-electron chi connectivity index (χ4n) is 3.29. The third-order valence-electron chi connectivity index (χ3n) is 4.69. The predicted molar refractivity (Wildman–Crippen MR) is 106 cm³/mol. The molecule has 0 radical (unpaired) electrons. The highest BCUT2D eigenvalue weighted by Crippen LogP contribution is 2.33. The first-order valence-electron chi connectivity index (χ1n) is 9.24. The summed E-state index contributed by atoms with van der Waals surface area (Å²) >= 11 is 0. The zero-order valence-corrected chi connectivity index (χ0v) is 16.6. The van der Waals surface area contributed by atoms with Crippen molar-refractivity contribution in [3.05, 3.63) is 59.2 Å². The Morgan fingerprint density at radius 1 is 1.14 bits per heavy atom. The molecule has 0 aromatic heterocycles. The summed E-state index contributed by atoms with van der Waals surface area (Å²) < 4.78 is 64.5. The molecule has 1 aliphatic heterocycles. The van der Waals surface area contributed by atoms with Crippen molar-refractivity contribution in [3.8, 4) is 0 Å². The highest BCUT2D eigenvalue weighted by Gasteiger charge is 2.30. The van der Waals surface area contributed by atoms with Crippen molar-refractivity contribution < 1.29 is 26.4 Å². The van der Waals surface area contributed by atoms with Gasteiger partial charge < -0.3 is 5.32 Å². The summed E-state index contributed by atoms with van der Waals surface area (Å²) in [4.78, 5) is 12.4. The van der Waals surface area contributed by atoms with Gasteiger partial charge in [0.05, 0.1) is 17.0 Å². The number of rotatable bonds is 5. The first-order chi connectivity index (χ1) is 13.6. The number of carbonyl (C=O) groups is 1. The molecule has 9 heteroatoms. The number of hydrogen-bond acceptors (Lipinski definition) is 3. The van der Waals surface area contributed by atoms with Crippen LogP contribution in [0.3, 0.4) is 0 Å². The Bertz CT molecular complexity index is 1000. The van der Waals surface area contributed by atoms with Crippen LogP contribution in [-0.2, 0) is 22.6 Å². The first kappa shape index (κ1) is 21.2. The maximum absolute atomic E-state index is 12.7. The van der Waals surface area contributed by atoms with E-state index in [1.807, 2.05) is 0 Å². The lowest BCUT2D eigenvalue weighted by atomic mass is 10.0. The largest absolute Gasteiger partial charge is 0.416 e. The summed E-state index contributed by atoms with van der Waals surface area (Å²) in [6, 6.07) is 8.94. The molecule has 0 spiro atoms. The molecule has 1 N–H and O–H groups in total. The number of nitrogens with one attached hydrogen (secondary N) is 1. The SMILES string of the molecule is CCCS(=O)(=O)N1CCCc2ccc(NC(=O)c3ccc(C(F)(F)F)cc3)cc21. The molecule has 1 aliphatic rings. The van der Waals surface area contributed by atoms with Gasteiger partial charge in [0.2, 0.25) is 10.0 Å². The number of amides is 1. The third-order valence-corrected chi connectivity index (χ3v) is 6.67. The molecule has 0 saturated heterocycles. The second-order valence-electron chi connectivity index (χ2n) is 6.86. The minimum Gasteiger partial charge on any atom is -0.322 e. The Kier molecular flexibility index (Phi) is 5.88. The summed E-state index contributed by atoms with van der Waals surface area (Å²) in [5.41, 5.74) is 1.04. The average molecular weight is 426 g/mol. The van der Waals surface area contributed by atoms with E-state index in [4.69, 9.17) is 0 Å². The van der Waals surface area contributed by atoms with Crippen LogP contribution in [-0.4, -0.2) is 26.6 Å². The molecule has 2 aromatic carbocycles. The van der Waals surface area contributed by atoms with Crippen molar-refractivity contribution in [2.24, 2.45) is 0 Å². The molecule has 0 unspecified atom stereocenters. The lowest BCUT2D eigenvalue weighted by Gasteiger charge is -2.31. The molecular weight excluding hydrogens is 405 g/mol. The van der Waals surface area contributed by atoms with Crippen LogP contribution in [0.2, 0.25) is 0 Å². The van der Waals surface area contributed by atoms with Crippen LogP contribution in [0.1, 0.15) is 41.3 Å². The van der Waals surface area contributed by atoms with Crippen molar-refractivity contribution in [2.75, 3.05) is 21.9 Å². The molecule has 0 fully saturated rings. The molecule has 0 bridgehead atoms. The molecule has 1 amide bonds. The number of halogens is 3. The van der Waals surface area contributed by atoms with E-state index in [9.17, 15) is 26.4 Å². The fourth-order valence-corrected chi connectivity index (χ4v) is 4.90.